The summed E-state index contributed by atoms with van der Waals surface area (Å²) in [6.45, 7) is 2.79. The fraction of sp³-hybridized carbons (Fsp3) is 0.300. The van der Waals surface area contributed by atoms with Crippen LogP contribution in [0.25, 0.3) is 0 Å². The van der Waals surface area contributed by atoms with Crippen LogP contribution in [-0.2, 0) is 16.0 Å². The molecule has 3 rings (SSSR count). The van der Waals surface area contributed by atoms with E-state index in [4.69, 9.17) is 23.2 Å². The van der Waals surface area contributed by atoms with E-state index < -0.39 is 0 Å². The zero-order chi connectivity index (χ0) is 19.2. The summed E-state index contributed by atoms with van der Waals surface area (Å²) < 4.78 is 0. The Kier molecular flexibility index (Phi) is 6.72. The summed E-state index contributed by atoms with van der Waals surface area (Å²) in [5.74, 6) is -0.0535. The fourth-order valence-electron chi connectivity index (χ4n) is 3.03. The highest BCUT2D eigenvalue weighted by Crippen LogP contribution is 2.20. The van der Waals surface area contributed by atoms with Gasteiger partial charge in [0.25, 0.3) is 0 Å². The van der Waals surface area contributed by atoms with Gasteiger partial charge in [-0.15, -0.1) is 0 Å². The van der Waals surface area contributed by atoms with Crippen LogP contribution in [0, 0.1) is 0 Å². The number of benzene rings is 2. The van der Waals surface area contributed by atoms with E-state index in [1.807, 2.05) is 40.1 Å². The maximum absolute atomic E-state index is 12.5. The Morgan fingerprint density at radius 1 is 0.889 bits per heavy atom. The Morgan fingerprint density at radius 3 is 2.19 bits per heavy atom. The highest BCUT2D eigenvalue weighted by atomic mass is 35.5. The highest BCUT2D eigenvalue weighted by Gasteiger charge is 2.23. The molecule has 1 heterocycles. The van der Waals surface area contributed by atoms with Crippen molar-refractivity contribution in [3.05, 3.63) is 64.1 Å². The first kappa shape index (κ1) is 19.7. The molecule has 0 bridgehead atoms. The van der Waals surface area contributed by atoms with Gasteiger partial charge >= 0.3 is 0 Å². The lowest BCUT2D eigenvalue weighted by molar-refractivity contribution is -0.132. The Hall–Kier alpha value is -2.08. The quantitative estimate of drug-likeness (QED) is 0.829. The molecule has 0 saturated carbocycles. The van der Waals surface area contributed by atoms with Crippen LogP contribution in [0.5, 0.6) is 0 Å². The van der Waals surface area contributed by atoms with E-state index in [2.05, 4.69) is 5.32 Å². The molecule has 2 aromatic carbocycles. The van der Waals surface area contributed by atoms with E-state index in [0.717, 1.165) is 5.56 Å². The maximum Gasteiger partial charge on any atom is 0.238 e. The second-order valence-corrected chi connectivity index (χ2v) is 7.27. The zero-order valence-electron chi connectivity index (χ0n) is 14.8. The molecule has 0 aliphatic carbocycles. The van der Waals surface area contributed by atoms with Gasteiger partial charge in [0.2, 0.25) is 11.8 Å². The van der Waals surface area contributed by atoms with Gasteiger partial charge in [-0.3, -0.25) is 14.5 Å². The molecule has 27 heavy (non-hydrogen) atoms. The molecule has 0 unspecified atom stereocenters. The normalized spacial score (nSPS) is 14.8. The molecule has 7 heteroatoms. The lowest BCUT2D eigenvalue weighted by atomic mass is 10.1. The minimum Gasteiger partial charge on any atom is -0.340 e. The molecule has 2 amide bonds. The lowest BCUT2D eigenvalue weighted by Crippen LogP contribution is -2.50. The van der Waals surface area contributed by atoms with Crippen LogP contribution in [-0.4, -0.2) is 54.3 Å². The second-order valence-electron chi connectivity index (χ2n) is 6.45. The molecular formula is C20H21Cl2N3O2. The number of nitrogens with one attached hydrogen (secondary N) is 1. The molecule has 142 valence electrons. The second kappa shape index (κ2) is 9.22. The summed E-state index contributed by atoms with van der Waals surface area (Å²) in [4.78, 5) is 28.6. The molecule has 1 aliphatic heterocycles. The average Bonchev–Trinajstić information content (AvgIpc) is 2.66. The third kappa shape index (κ3) is 5.45. The molecular weight excluding hydrogens is 385 g/mol. The zero-order valence-corrected chi connectivity index (χ0v) is 16.3. The van der Waals surface area contributed by atoms with Crippen LogP contribution in [0.3, 0.4) is 0 Å². The molecule has 0 aromatic heterocycles. The monoisotopic (exact) mass is 405 g/mol. The molecule has 0 radical (unpaired) electrons. The minimum atomic E-state index is -0.112. The number of anilines is 1. The standard InChI is InChI=1S/C20H21Cl2N3O2/c21-16-6-2-1-5-15(16)13-20(27)25-11-9-24(10-12-25)14-19(26)23-18-8-4-3-7-17(18)22/h1-8H,9-14H2,(H,23,26). The minimum absolute atomic E-state index is 0.0586. The summed E-state index contributed by atoms with van der Waals surface area (Å²) in [6, 6.07) is 14.5. The van der Waals surface area contributed by atoms with Crippen molar-refractivity contribution in [1.82, 2.24) is 9.80 Å². The van der Waals surface area contributed by atoms with E-state index in [9.17, 15) is 9.59 Å². The number of halogens is 2. The van der Waals surface area contributed by atoms with Crippen molar-refractivity contribution in [3.8, 4) is 0 Å². The van der Waals surface area contributed by atoms with E-state index in [-0.39, 0.29) is 18.4 Å². The van der Waals surface area contributed by atoms with Crippen LogP contribution in [0.15, 0.2) is 48.5 Å². The molecule has 1 N–H and O–H groups in total. The number of carbonyl (C=O) groups excluding carboxylic acids is 2. The van der Waals surface area contributed by atoms with Crippen molar-refractivity contribution in [1.29, 1.82) is 0 Å². The topological polar surface area (TPSA) is 52.7 Å². The summed E-state index contributed by atoms with van der Waals surface area (Å²) in [5, 5.41) is 3.95. The predicted octanol–water partition coefficient (Wildman–Crippen LogP) is 3.32. The van der Waals surface area contributed by atoms with Crippen molar-refractivity contribution in [2.24, 2.45) is 0 Å². The molecule has 5 nitrogen and oxygen atoms in total. The first-order chi connectivity index (χ1) is 13.0. The van der Waals surface area contributed by atoms with E-state index >= 15 is 0 Å². The van der Waals surface area contributed by atoms with Crippen molar-refractivity contribution in [3.63, 3.8) is 0 Å². The number of carbonyl (C=O) groups is 2. The smallest absolute Gasteiger partial charge is 0.238 e. The third-order valence-corrected chi connectivity index (χ3v) is 5.24. The van der Waals surface area contributed by atoms with Crippen LogP contribution in [0.1, 0.15) is 5.56 Å². The van der Waals surface area contributed by atoms with Gasteiger partial charge in [-0.1, -0.05) is 53.5 Å². The van der Waals surface area contributed by atoms with Crippen LogP contribution in [0.4, 0.5) is 5.69 Å². The Morgan fingerprint density at radius 2 is 1.52 bits per heavy atom. The first-order valence-corrected chi connectivity index (χ1v) is 9.56. The van der Waals surface area contributed by atoms with Gasteiger partial charge in [0.1, 0.15) is 0 Å². The number of piperazine rings is 1. The number of nitrogens with zero attached hydrogens (tertiary/aromatic N) is 2. The number of para-hydroxylation sites is 1. The summed E-state index contributed by atoms with van der Waals surface area (Å²) in [6.07, 6.45) is 0.298. The van der Waals surface area contributed by atoms with E-state index in [1.54, 1.807) is 18.2 Å². The van der Waals surface area contributed by atoms with Crippen LogP contribution in [0.2, 0.25) is 10.0 Å². The third-order valence-electron chi connectivity index (χ3n) is 4.54. The van der Waals surface area contributed by atoms with Gasteiger partial charge in [0, 0.05) is 31.2 Å². The summed E-state index contributed by atoms with van der Waals surface area (Å²) in [7, 11) is 0. The van der Waals surface area contributed by atoms with E-state index in [1.165, 1.54) is 0 Å². The van der Waals surface area contributed by atoms with Gasteiger partial charge in [0.15, 0.2) is 0 Å². The number of hydrogen-bond donors (Lipinski definition) is 1. The van der Waals surface area contributed by atoms with E-state index in [0.29, 0.717) is 48.3 Å². The first-order valence-electron chi connectivity index (χ1n) is 8.81. The lowest BCUT2D eigenvalue weighted by Gasteiger charge is -2.34. The van der Waals surface area contributed by atoms with Crippen LogP contribution >= 0.6 is 23.2 Å². The molecule has 1 saturated heterocycles. The Labute approximate surface area is 168 Å². The van der Waals surface area contributed by atoms with Gasteiger partial charge in [-0.2, -0.15) is 0 Å². The van der Waals surface area contributed by atoms with Gasteiger partial charge in [0.05, 0.1) is 23.7 Å². The average molecular weight is 406 g/mol. The SMILES string of the molecule is O=C(CN1CCN(C(=O)Cc2ccccc2Cl)CC1)Nc1ccccc1Cl. The van der Waals surface area contributed by atoms with Crippen molar-refractivity contribution in [2.45, 2.75) is 6.42 Å². The number of rotatable bonds is 5. The molecule has 2 aromatic rings. The van der Waals surface area contributed by atoms with Gasteiger partial charge in [-0.25, -0.2) is 0 Å². The fourth-order valence-corrected chi connectivity index (χ4v) is 3.41. The Bertz CT molecular complexity index is 820. The summed E-state index contributed by atoms with van der Waals surface area (Å²) in [5.41, 5.74) is 1.45. The van der Waals surface area contributed by atoms with Gasteiger partial charge < -0.3 is 10.2 Å². The van der Waals surface area contributed by atoms with Gasteiger partial charge in [-0.05, 0) is 23.8 Å². The van der Waals surface area contributed by atoms with Crippen molar-refractivity contribution in [2.75, 3.05) is 38.0 Å². The molecule has 0 spiro atoms. The van der Waals surface area contributed by atoms with Crippen LogP contribution < -0.4 is 5.32 Å². The van der Waals surface area contributed by atoms with Crippen molar-refractivity contribution < 1.29 is 9.59 Å². The van der Waals surface area contributed by atoms with Crippen molar-refractivity contribution >= 4 is 40.7 Å². The number of amides is 2. The largest absolute Gasteiger partial charge is 0.340 e. The maximum atomic E-state index is 12.5. The molecule has 1 fully saturated rings. The molecule has 1 aliphatic rings. The molecule has 0 atom stereocenters. The predicted molar refractivity (Wildman–Crippen MR) is 108 cm³/mol. The highest BCUT2D eigenvalue weighted by molar-refractivity contribution is 6.33. The Balaban J connectivity index is 1.46. The summed E-state index contributed by atoms with van der Waals surface area (Å²) >= 11 is 12.2. The number of hydrogen-bond acceptors (Lipinski definition) is 3.